The van der Waals surface area contributed by atoms with E-state index in [1.807, 2.05) is 12.3 Å². The Balaban J connectivity index is 1.32. The van der Waals surface area contributed by atoms with Crippen molar-refractivity contribution in [2.75, 3.05) is 47.8 Å². The Morgan fingerprint density at radius 3 is 2.62 bits per heavy atom. The maximum atomic E-state index is 4.77. The fourth-order valence-corrected chi connectivity index (χ4v) is 4.33. The largest absolute Gasteiger partial charge is 0.368 e. The van der Waals surface area contributed by atoms with E-state index in [1.165, 1.54) is 42.5 Å². The Labute approximate surface area is 174 Å². The van der Waals surface area contributed by atoms with Crippen LogP contribution in [0.15, 0.2) is 42.1 Å². The molecule has 0 spiro atoms. The van der Waals surface area contributed by atoms with Gasteiger partial charge in [-0.25, -0.2) is 4.98 Å². The molecule has 5 heteroatoms. The Kier molecular flexibility index (Phi) is 6.33. The number of nitrogens with one attached hydrogen (secondary N) is 1. The molecule has 1 aromatic heterocycles. The normalized spacial score (nSPS) is 17.2. The molecule has 5 nitrogen and oxygen atoms in total. The molecule has 154 valence electrons. The predicted octanol–water partition coefficient (Wildman–Crippen LogP) is 4.72. The highest BCUT2D eigenvalue weighted by molar-refractivity contribution is 5.57. The lowest BCUT2D eigenvalue weighted by atomic mass is 9.97. The minimum absolute atomic E-state index is 0.746. The second-order valence-electron chi connectivity index (χ2n) is 8.22. The Bertz CT molecular complexity index is 852. The van der Waals surface area contributed by atoms with Crippen LogP contribution in [0.25, 0.3) is 0 Å². The zero-order chi connectivity index (χ0) is 20.1. The van der Waals surface area contributed by atoms with E-state index in [2.05, 4.69) is 58.2 Å². The molecule has 1 saturated heterocycles. The van der Waals surface area contributed by atoms with Crippen molar-refractivity contribution in [1.82, 2.24) is 9.97 Å². The van der Waals surface area contributed by atoms with Crippen LogP contribution in [0, 0.1) is 13.8 Å². The van der Waals surface area contributed by atoms with Crippen LogP contribution in [-0.4, -0.2) is 42.7 Å². The Hall–Kier alpha value is -2.56. The van der Waals surface area contributed by atoms with Crippen LogP contribution in [0.2, 0.25) is 0 Å². The third-order valence-electron chi connectivity index (χ3n) is 6.28. The number of benzene rings is 1. The summed E-state index contributed by atoms with van der Waals surface area (Å²) in [5.41, 5.74) is 5.71. The molecule has 2 heterocycles. The van der Waals surface area contributed by atoms with E-state index >= 15 is 0 Å². The molecule has 0 radical (unpaired) electrons. The average Bonchev–Trinajstić information content (AvgIpc) is 2.77. The van der Waals surface area contributed by atoms with Crippen molar-refractivity contribution in [3.63, 3.8) is 0 Å². The highest BCUT2D eigenvalue weighted by Crippen LogP contribution is 2.25. The fraction of sp³-hybridized carbons (Fsp3) is 0.500. The molecule has 0 unspecified atom stereocenters. The fourth-order valence-electron chi connectivity index (χ4n) is 4.33. The zero-order valence-electron chi connectivity index (χ0n) is 17.8. The zero-order valence-corrected chi connectivity index (χ0v) is 17.8. The van der Waals surface area contributed by atoms with E-state index in [-0.39, 0.29) is 0 Å². The first kappa shape index (κ1) is 19.7. The minimum atomic E-state index is 0.746. The molecule has 0 bridgehead atoms. The molecule has 1 aliphatic carbocycles. The lowest BCUT2D eigenvalue weighted by molar-refractivity contribution is 0.645. The van der Waals surface area contributed by atoms with Crippen molar-refractivity contribution in [2.24, 2.45) is 0 Å². The van der Waals surface area contributed by atoms with Crippen molar-refractivity contribution >= 4 is 17.5 Å². The number of allylic oxidation sites excluding steroid dienone is 1. The van der Waals surface area contributed by atoms with Gasteiger partial charge in [0.25, 0.3) is 0 Å². The molecule has 1 N–H and O–H groups in total. The number of rotatable bonds is 6. The number of anilines is 3. The molecule has 29 heavy (non-hydrogen) atoms. The van der Waals surface area contributed by atoms with Gasteiger partial charge in [0.05, 0.1) is 0 Å². The van der Waals surface area contributed by atoms with Gasteiger partial charge in [-0.2, -0.15) is 4.98 Å². The van der Waals surface area contributed by atoms with Crippen molar-refractivity contribution < 1.29 is 0 Å². The van der Waals surface area contributed by atoms with Gasteiger partial charge in [-0.1, -0.05) is 23.8 Å². The SMILES string of the molecule is Cc1cccc(N2CCN(c3ccnc(NCCC4=CCCCC4)n3)CC2)c1C. The molecule has 0 amide bonds. The molecular formula is C24H33N5. The second kappa shape index (κ2) is 9.29. The van der Waals surface area contributed by atoms with E-state index in [1.54, 1.807) is 5.57 Å². The second-order valence-corrected chi connectivity index (χ2v) is 8.22. The summed E-state index contributed by atoms with van der Waals surface area (Å²) < 4.78 is 0. The van der Waals surface area contributed by atoms with Crippen LogP contribution in [-0.2, 0) is 0 Å². The van der Waals surface area contributed by atoms with Crippen LogP contribution >= 0.6 is 0 Å². The van der Waals surface area contributed by atoms with Gasteiger partial charge < -0.3 is 15.1 Å². The van der Waals surface area contributed by atoms with Gasteiger partial charge in [0.15, 0.2) is 0 Å². The van der Waals surface area contributed by atoms with E-state index in [9.17, 15) is 0 Å². The monoisotopic (exact) mass is 391 g/mol. The van der Waals surface area contributed by atoms with Gasteiger partial charge in [-0.05, 0) is 69.2 Å². The van der Waals surface area contributed by atoms with Gasteiger partial charge in [-0.15, -0.1) is 0 Å². The third kappa shape index (κ3) is 4.89. The van der Waals surface area contributed by atoms with Gasteiger partial charge in [0.2, 0.25) is 5.95 Å². The number of hydrogen-bond donors (Lipinski definition) is 1. The van der Waals surface area contributed by atoms with Crippen LogP contribution in [0.3, 0.4) is 0 Å². The third-order valence-corrected chi connectivity index (χ3v) is 6.28. The van der Waals surface area contributed by atoms with Crippen LogP contribution in [0.4, 0.5) is 17.5 Å². The summed E-state index contributed by atoms with van der Waals surface area (Å²) in [4.78, 5) is 14.1. The van der Waals surface area contributed by atoms with Crippen molar-refractivity contribution in [3.05, 3.63) is 53.2 Å². The minimum Gasteiger partial charge on any atom is -0.368 e. The van der Waals surface area contributed by atoms with Crippen molar-refractivity contribution in [2.45, 2.75) is 46.0 Å². The molecule has 1 aliphatic heterocycles. The molecular weight excluding hydrogens is 358 g/mol. The van der Waals surface area contributed by atoms with Crippen LogP contribution in [0.1, 0.15) is 43.2 Å². The number of piperazine rings is 1. The Morgan fingerprint density at radius 1 is 1.00 bits per heavy atom. The molecule has 4 rings (SSSR count). The molecule has 2 aromatic rings. The van der Waals surface area contributed by atoms with Crippen LogP contribution in [0.5, 0.6) is 0 Å². The molecule has 1 aromatic carbocycles. The average molecular weight is 392 g/mol. The van der Waals surface area contributed by atoms with Crippen LogP contribution < -0.4 is 15.1 Å². The molecule has 2 aliphatic rings. The summed E-state index contributed by atoms with van der Waals surface area (Å²) in [6.45, 7) is 9.33. The van der Waals surface area contributed by atoms with Gasteiger partial charge in [0.1, 0.15) is 5.82 Å². The number of aryl methyl sites for hydroxylation is 1. The summed E-state index contributed by atoms with van der Waals surface area (Å²) in [6, 6.07) is 8.62. The lowest BCUT2D eigenvalue weighted by Gasteiger charge is -2.37. The number of hydrogen-bond acceptors (Lipinski definition) is 5. The summed E-state index contributed by atoms with van der Waals surface area (Å²) in [6.07, 6.45) is 10.6. The predicted molar refractivity (Wildman–Crippen MR) is 122 cm³/mol. The van der Waals surface area contributed by atoms with E-state index in [4.69, 9.17) is 4.98 Å². The van der Waals surface area contributed by atoms with Gasteiger partial charge >= 0.3 is 0 Å². The Morgan fingerprint density at radius 2 is 1.83 bits per heavy atom. The first-order valence-corrected chi connectivity index (χ1v) is 11.0. The highest BCUT2D eigenvalue weighted by atomic mass is 15.3. The maximum Gasteiger partial charge on any atom is 0.224 e. The van der Waals surface area contributed by atoms with Gasteiger partial charge in [0, 0.05) is 44.6 Å². The number of nitrogens with zero attached hydrogens (tertiary/aromatic N) is 4. The topological polar surface area (TPSA) is 44.3 Å². The van der Waals surface area contributed by atoms with Crippen molar-refractivity contribution in [3.8, 4) is 0 Å². The number of aromatic nitrogens is 2. The van der Waals surface area contributed by atoms with E-state index in [0.29, 0.717) is 0 Å². The molecule has 0 atom stereocenters. The first-order valence-electron chi connectivity index (χ1n) is 11.0. The first-order chi connectivity index (χ1) is 14.2. The van der Waals surface area contributed by atoms with E-state index < -0.39 is 0 Å². The summed E-state index contributed by atoms with van der Waals surface area (Å²) >= 11 is 0. The van der Waals surface area contributed by atoms with E-state index in [0.717, 1.165) is 50.9 Å². The smallest absolute Gasteiger partial charge is 0.224 e. The molecule has 1 fully saturated rings. The summed E-state index contributed by atoms with van der Waals surface area (Å²) in [5, 5.41) is 3.42. The lowest BCUT2D eigenvalue weighted by Crippen LogP contribution is -2.47. The van der Waals surface area contributed by atoms with Gasteiger partial charge in [-0.3, -0.25) is 0 Å². The standard InChI is InChI=1S/C24H33N5/c1-19-7-6-10-22(20(19)2)28-15-17-29(18-16-28)23-12-14-26-24(27-23)25-13-11-21-8-4-3-5-9-21/h6-8,10,12,14H,3-5,9,11,13,15-18H2,1-2H3,(H,25,26,27). The molecule has 0 saturated carbocycles. The highest BCUT2D eigenvalue weighted by Gasteiger charge is 2.20. The quantitative estimate of drug-likeness (QED) is 0.722. The van der Waals surface area contributed by atoms with Crippen molar-refractivity contribution in [1.29, 1.82) is 0 Å². The summed E-state index contributed by atoms with van der Waals surface area (Å²) in [5.74, 6) is 1.77. The summed E-state index contributed by atoms with van der Waals surface area (Å²) in [7, 11) is 0. The maximum absolute atomic E-state index is 4.77.